The fraction of sp³-hybridized carbons (Fsp3) is 0.0556. The number of rotatable bonds is 4. The molecule has 0 aliphatic heterocycles. The van der Waals surface area contributed by atoms with E-state index in [9.17, 15) is 0 Å². The van der Waals surface area contributed by atoms with Crippen LogP contribution in [0.1, 0.15) is 11.3 Å². The van der Waals surface area contributed by atoms with E-state index in [-0.39, 0.29) is 5.11 Å². The Morgan fingerprint density at radius 2 is 1.61 bits per heavy atom. The molecule has 0 fully saturated rings. The number of nitrogens with two attached hydrogens (primary N) is 1. The first-order chi connectivity index (χ1) is 11.2. The lowest BCUT2D eigenvalue weighted by molar-refractivity contribution is 1.01. The van der Waals surface area contributed by atoms with E-state index in [1.165, 1.54) is 5.56 Å². The molecule has 0 aliphatic carbocycles. The van der Waals surface area contributed by atoms with Crippen molar-refractivity contribution in [2.24, 2.45) is 5.73 Å². The van der Waals surface area contributed by atoms with Crippen molar-refractivity contribution in [3.63, 3.8) is 0 Å². The Morgan fingerprint density at radius 1 is 0.957 bits per heavy atom. The first-order valence-electron chi connectivity index (χ1n) is 7.24. The Balaban J connectivity index is 1.92. The van der Waals surface area contributed by atoms with Crippen LogP contribution in [0.15, 0.2) is 72.9 Å². The van der Waals surface area contributed by atoms with Gasteiger partial charge in [-0.25, -0.2) is 9.97 Å². The first kappa shape index (κ1) is 15.1. The van der Waals surface area contributed by atoms with Crippen LogP contribution in [-0.2, 0) is 6.42 Å². The average Bonchev–Trinajstić information content (AvgIpc) is 2.57. The van der Waals surface area contributed by atoms with E-state index in [0.717, 1.165) is 17.8 Å². The molecule has 2 N–H and O–H groups in total. The number of anilines is 2. The van der Waals surface area contributed by atoms with Gasteiger partial charge in [0.25, 0.3) is 0 Å². The molecular formula is C18H16N4S. The van der Waals surface area contributed by atoms with E-state index in [2.05, 4.69) is 22.1 Å². The van der Waals surface area contributed by atoms with E-state index in [1.807, 2.05) is 54.6 Å². The average molecular weight is 320 g/mol. The van der Waals surface area contributed by atoms with Crippen molar-refractivity contribution in [1.82, 2.24) is 9.97 Å². The molecule has 114 valence electrons. The van der Waals surface area contributed by atoms with Gasteiger partial charge in [0, 0.05) is 12.6 Å². The summed E-state index contributed by atoms with van der Waals surface area (Å²) in [6.45, 7) is 0. The summed E-state index contributed by atoms with van der Waals surface area (Å²) in [6.07, 6.45) is 2.46. The highest BCUT2D eigenvalue weighted by atomic mass is 32.1. The van der Waals surface area contributed by atoms with Crippen LogP contribution in [0.2, 0.25) is 0 Å². The predicted molar refractivity (Wildman–Crippen MR) is 96.6 cm³/mol. The molecule has 0 spiro atoms. The van der Waals surface area contributed by atoms with Gasteiger partial charge in [-0.1, -0.05) is 48.5 Å². The van der Waals surface area contributed by atoms with E-state index in [4.69, 9.17) is 18.0 Å². The second kappa shape index (κ2) is 6.98. The molecule has 1 aromatic heterocycles. The van der Waals surface area contributed by atoms with Gasteiger partial charge in [0.1, 0.15) is 0 Å². The van der Waals surface area contributed by atoms with E-state index >= 15 is 0 Å². The molecule has 23 heavy (non-hydrogen) atoms. The minimum Gasteiger partial charge on any atom is -0.376 e. The Morgan fingerprint density at radius 3 is 2.26 bits per heavy atom. The fourth-order valence-corrected chi connectivity index (χ4v) is 2.50. The van der Waals surface area contributed by atoms with Crippen LogP contribution in [0.5, 0.6) is 0 Å². The molecule has 3 rings (SSSR count). The maximum Gasteiger partial charge on any atom is 0.236 e. The highest BCUT2D eigenvalue weighted by Gasteiger charge is 2.15. The monoisotopic (exact) mass is 320 g/mol. The Kier molecular flexibility index (Phi) is 4.59. The second-order valence-corrected chi connectivity index (χ2v) is 5.44. The minimum atomic E-state index is 0.216. The fourth-order valence-electron chi connectivity index (χ4n) is 2.31. The zero-order chi connectivity index (χ0) is 16.1. The number of aromatic nitrogens is 2. The minimum absolute atomic E-state index is 0.216. The quantitative estimate of drug-likeness (QED) is 0.746. The molecule has 1 heterocycles. The smallest absolute Gasteiger partial charge is 0.236 e. The van der Waals surface area contributed by atoms with E-state index in [1.54, 1.807) is 11.1 Å². The maximum atomic E-state index is 5.88. The van der Waals surface area contributed by atoms with Gasteiger partial charge >= 0.3 is 0 Å². The van der Waals surface area contributed by atoms with Crippen molar-refractivity contribution in [3.8, 4) is 0 Å². The number of hydrogen-bond donors (Lipinski definition) is 1. The first-order valence-corrected chi connectivity index (χ1v) is 7.65. The van der Waals surface area contributed by atoms with Crippen LogP contribution in [-0.4, -0.2) is 15.1 Å². The molecule has 5 heteroatoms. The summed E-state index contributed by atoms with van der Waals surface area (Å²) in [5.74, 6) is 0.483. The summed E-state index contributed by atoms with van der Waals surface area (Å²) < 4.78 is 0. The molecule has 4 nitrogen and oxygen atoms in total. The number of para-hydroxylation sites is 1. The summed E-state index contributed by atoms with van der Waals surface area (Å²) in [4.78, 5) is 10.6. The van der Waals surface area contributed by atoms with Gasteiger partial charge in [-0.05, 0) is 36.0 Å². The third-order valence-electron chi connectivity index (χ3n) is 3.36. The number of hydrogen-bond acceptors (Lipinski definition) is 3. The molecular weight excluding hydrogens is 304 g/mol. The number of thiocarbonyl (C=S) groups is 1. The summed E-state index contributed by atoms with van der Waals surface area (Å²) in [7, 11) is 0. The molecule has 0 bridgehead atoms. The summed E-state index contributed by atoms with van der Waals surface area (Å²) >= 11 is 5.18. The largest absolute Gasteiger partial charge is 0.376 e. The van der Waals surface area contributed by atoms with Crippen LogP contribution in [0, 0.1) is 0 Å². The molecule has 0 saturated heterocycles. The Hall–Kier alpha value is -2.79. The van der Waals surface area contributed by atoms with Crippen LogP contribution in [0.25, 0.3) is 0 Å². The Labute approximate surface area is 140 Å². The van der Waals surface area contributed by atoms with Crippen LogP contribution in [0.3, 0.4) is 0 Å². The van der Waals surface area contributed by atoms with Crippen molar-refractivity contribution in [1.29, 1.82) is 0 Å². The van der Waals surface area contributed by atoms with E-state index in [0.29, 0.717) is 5.95 Å². The zero-order valence-electron chi connectivity index (χ0n) is 12.5. The zero-order valence-corrected chi connectivity index (χ0v) is 13.3. The highest BCUT2D eigenvalue weighted by molar-refractivity contribution is 7.80. The number of nitrogens with zero attached hydrogens (tertiary/aromatic N) is 3. The van der Waals surface area contributed by atoms with Crippen molar-refractivity contribution in [2.45, 2.75) is 6.42 Å². The molecule has 0 aliphatic rings. The molecule has 3 aromatic rings. The SMILES string of the molecule is NC(=S)N(c1ccccc1)c1nccc(Cc2ccccc2)n1. The lowest BCUT2D eigenvalue weighted by Gasteiger charge is -2.21. The van der Waals surface area contributed by atoms with Crippen molar-refractivity contribution in [3.05, 3.63) is 84.2 Å². The van der Waals surface area contributed by atoms with Gasteiger partial charge in [0.2, 0.25) is 5.95 Å². The second-order valence-electron chi connectivity index (χ2n) is 5.02. The van der Waals surface area contributed by atoms with Crippen LogP contribution in [0.4, 0.5) is 11.6 Å². The third kappa shape index (κ3) is 3.70. The molecule has 0 amide bonds. The van der Waals surface area contributed by atoms with Gasteiger partial charge in [-0.3, -0.25) is 4.90 Å². The van der Waals surface area contributed by atoms with Crippen molar-refractivity contribution >= 4 is 29.0 Å². The lowest BCUT2D eigenvalue weighted by Crippen LogP contribution is -2.32. The molecule has 0 atom stereocenters. The van der Waals surface area contributed by atoms with Gasteiger partial charge in [-0.2, -0.15) is 0 Å². The summed E-state index contributed by atoms with van der Waals surface area (Å²) in [6, 6.07) is 21.7. The number of benzene rings is 2. The molecule has 0 saturated carbocycles. The van der Waals surface area contributed by atoms with Crippen molar-refractivity contribution in [2.75, 3.05) is 4.90 Å². The summed E-state index contributed by atoms with van der Waals surface area (Å²) in [5, 5.41) is 0.216. The maximum absolute atomic E-state index is 5.88. The predicted octanol–water partition coefficient (Wildman–Crippen LogP) is 3.45. The summed E-state index contributed by atoms with van der Waals surface area (Å²) in [5.41, 5.74) is 8.83. The molecule has 0 unspecified atom stereocenters. The molecule has 2 aromatic carbocycles. The Bertz CT molecular complexity index is 790. The molecule has 0 radical (unpaired) electrons. The van der Waals surface area contributed by atoms with Crippen molar-refractivity contribution < 1.29 is 0 Å². The van der Waals surface area contributed by atoms with Gasteiger partial charge in [0.15, 0.2) is 5.11 Å². The van der Waals surface area contributed by atoms with Gasteiger partial charge in [-0.15, -0.1) is 0 Å². The topological polar surface area (TPSA) is 55.0 Å². The van der Waals surface area contributed by atoms with Crippen LogP contribution >= 0.6 is 12.2 Å². The standard InChI is InChI=1S/C18H16N4S/c19-17(23)22(16-9-5-2-6-10-16)18-20-12-11-15(21-18)13-14-7-3-1-4-8-14/h1-12H,13H2,(H2,19,23). The lowest BCUT2D eigenvalue weighted by atomic mass is 10.1. The van der Waals surface area contributed by atoms with Crippen LogP contribution < -0.4 is 10.6 Å². The van der Waals surface area contributed by atoms with E-state index < -0.39 is 0 Å². The third-order valence-corrected chi connectivity index (χ3v) is 3.55. The highest BCUT2D eigenvalue weighted by Crippen LogP contribution is 2.21. The normalized spacial score (nSPS) is 10.3. The van der Waals surface area contributed by atoms with Gasteiger partial charge in [0.05, 0.1) is 11.4 Å². The van der Waals surface area contributed by atoms with Gasteiger partial charge < -0.3 is 5.73 Å².